The van der Waals surface area contributed by atoms with Gasteiger partial charge in [-0.05, 0) is 30.4 Å². The van der Waals surface area contributed by atoms with Gasteiger partial charge in [0.25, 0.3) is 0 Å². The van der Waals surface area contributed by atoms with Crippen molar-refractivity contribution in [2.24, 2.45) is 5.92 Å². The summed E-state index contributed by atoms with van der Waals surface area (Å²) in [5.41, 5.74) is 1.11. The topological polar surface area (TPSA) is 18.5 Å². The quantitative estimate of drug-likeness (QED) is 0.688. The van der Waals surface area contributed by atoms with Gasteiger partial charge in [-0.1, -0.05) is 32.9 Å². The minimum atomic E-state index is 0.138. The van der Waals surface area contributed by atoms with Gasteiger partial charge in [0.1, 0.15) is 0 Å². The fourth-order valence-electron chi connectivity index (χ4n) is 1.71. The molecule has 1 unspecified atom stereocenters. The SMILES string of the molecule is CCC(Cl)Cc1cccc(OCC(C)C)c1OC. The molecule has 0 N–H and O–H groups in total. The first kappa shape index (κ1) is 15.2. The van der Waals surface area contributed by atoms with Gasteiger partial charge in [0, 0.05) is 5.38 Å². The number of alkyl halides is 1. The normalized spacial score (nSPS) is 12.6. The van der Waals surface area contributed by atoms with E-state index in [-0.39, 0.29) is 5.38 Å². The molecule has 3 heteroatoms. The van der Waals surface area contributed by atoms with Crippen LogP contribution in [0, 0.1) is 5.92 Å². The molecule has 0 saturated heterocycles. The number of ether oxygens (including phenoxy) is 2. The van der Waals surface area contributed by atoms with E-state index in [1.807, 2.05) is 18.2 Å². The smallest absolute Gasteiger partial charge is 0.163 e. The first-order valence-corrected chi connectivity index (χ1v) is 6.94. The molecule has 0 amide bonds. The van der Waals surface area contributed by atoms with Gasteiger partial charge in [0.05, 0.1) is 13.7 Å². The van der Waals surface area contributed by atoms with Gasteiger partial charge in [0.2, 0.25) is 0 Å². The Balaban J connectivity index is 2.87. The predicted molar refractivity (Wildman–Crippen MR) is 77.0 cm³/mol. The third kappa shape index (κ3) is 4.41. The Labute approximate surface area is 115 Å². The van der Waals surface area contributed by atoms with Gasteiger partial charge in [-0.3, -0.25) is 0 Å². The minimum Gasteiger partial charge on any atom is -0.493 e. The van der Waals surface area contributed by atoms with Crippen LogP contribution in [0.5, 0.6) is 11.5 Å². The molecule has 1 rings (SSSR count). The number of hydrogen-bond donors (Lipinski definition) is 0. The lowest BCUT2D eigenvalue weighted by molar-refractivity contribution is 0.256. The molecule has 0 radical (unpaired) electrons. The summed E-state index contributed by atoms with van der Waals surface area (Å²) >= 11 is 6.21. The molecule has 0 bridgehead atoms. The average molecular weight is 271 g/mol. The summed E-state index contributed by atoms with van der Waals surface area (Å²) in [7, 11) is 1.68. The number of benzene rings is 1. The highest BCUT2D eigenvalue weighted by atomic mass is 35.5. The van der Waals surface area contributed by atoms with E-state index in [0.29, 0.717) is 12.5 Å². The van der Waals surface area contributed by atoms with Crippen molar-refractivity contribution < 1.29 is 9.47 Å². The molecule has 0 aliphatic heterocycles. The average Bonchev–Trinajstić information content (AvgIpc) is 2.36. The van der Waals surface area contributed by atoms with Gasteiger partial charge < -0.3 is 9.47 Å². The number of hydrogen-bond acceptors (Lipinski definition) is 2. The first-order chi connectivity index (χ1) is 8.58. The van der Waals surface area contributed by atoms with E-state index in [9.17, 15) is 0 Å². The van der Waals surface area contributed by atoms with Crippen molar-refractivity contribution >= 4 is 11.6 Å². The number of methoxy groups -OCH3 is 1. The summed E-state index contributed by atoms with van der Waals surface area (Å²) in [6.07, 6.45) is 1.75. The lowest BCUT2D eigenvalue weighted by atomic mass is 10.1. The second kappa shape index (κ2) is 7.52. The molecule has 0 aliphatic carbocycles. The van der Waals surface area contributed by atoms with Crippen LogP contribution in [0.15, 0.2) is 18.2 Å². The maximum Gasteiger partial charge on any atom is 0.163 e. The van der Waals surface area contributed by atoms with Crippen molar-refractivity contribution in [3.63, 3.8) is 0 Å². The van der Waals surface area contributed by atoms with Crippen LogP contribution in [0.25, 0.3) is 0 Å². The van der Waals surface area contributed by atoms with Gasteiger partial charge >= 0.3 is 0 Å². The molecule has 2 nitrogen and oxygen atoms in total. The fraction of sp³-hybridized carbons (Fsp3) is 0.600. The standard InChI is InChI=1S/C15H23ClO2/c1-5-13(16)9-12-7-6-8-14(15(12)17-4)18-10-11(2)3/h6-8,11,13H,5,9-10H2,1-4H3. The van der Waals surface area contributed by atoms with Crippen molar-refractivity contribution in [1.82, 2.24) is 0 Å². The van der Waals surface area contributed by atoms with Gasteiger partial charge in [-0.2, -0.15) is 0 Å². The Morgan fingerprint density at radius 1 is 1.28 bits per heavy atom. The van der Waals surface area contributed by atoms with Crippen LogP contribution in [0.3, 0.4) is 0 Å². The summed E-state index contributed by atoms with van der Waals surface area (Å²) < 4.78 is 11.2. The first-order valence-electron chi connectivity index (χ1n) is 6.51. The molecule has 1 atom stereocenters. The lowest BCUT2D eigenvalue weighted by Crippen LogP contribution is -2.08. The van der Waals surface area contributed by atoms with Crippen LogP contribution < -0.4 is 9.47 Å². The molecule has 1 aromatic carbocycles. The van der Waals surface area contributed by atoms with Crippen molar-refractivity contribution in [3.8, 4) is 11.5 Å². The van der Waals surface area contributed by atoms with E-state index >= 15 is 0 Å². The van der Waals surface area contributed by atoms with Gasteiger partial charge in [-0.15, -0.1) is 11.6 Å². The molecule has 0 heterocycles. The lowest BCUT2D eigenvalue weighted by Gasteiger charge is -2.16. The molecule has 102 valence electrons. The van der Waals surface area contributed by atoms with E-state index < -0.39 is 0 Å². The van der Waals surface area contributed by atoms with Crippen molar-refractivity contribution in [1.29, 1.82) is 0 Å². The Bertz CT molecular complexity index is 364. The molecular weight excluding hydrogens is 248 g/mol. The molecule has 1 aromatic rings. The minimum absolute atomic E-state index is 0.138. The second-order valence-corrected chi connectivity index (χ2v) is 5.48. The highest BCUT2D eigenvalue weighted by Gasteiger charge is 2.13. The molecule has 0 fully saturated rings. The third-order valence-corrected chi connectivity index (χ3v) is 3.18. The van der Waals surface area contributed by atoms with Crippen LogP contribution >= 0.6 is 11.6 Å². The highest BCUT2D eigenvalue weighted by molar-refractivity contribution is 6.20. The summed E-state index contributed by atoms with van der Waals surface area (Å²) in [5.74, 6) is 2.12. The molecule has 0 aliphatic rings. The monoisotopic (exact) mass is 270 g/mol. The third-order valence-electron chi connectivity index (χ3n) is 2.72. The highest BCUT2D eigenvalue weighted by Crippen LogP contribution is 2.33. The Kier molecular flexibility index (Phi) is 6.34. The van der Waals surface area contributed by atoms with Crippen LogP contribution in [0.4, 0.5) is 0 Å². The van der Waals surface area contributed by atoms with Crippen LogP contribution in [-0.2, 0) is 6.42 Å². The fourth-order valence-corrected chi connectivity index (χ4v) is 1.87. The van der Waals surface area contributed by atoms with E-state index in [1.165, 1.54) is 0 Å². The summed E-state index contributed by atoms with van der Waals surface area (Å²) in [5, 5.41) is 0.138. The zero-order valence-electron chi connectivity index (χ0n) is 11.7. The molecule has 0 spiro atoms. The zero-order chi connectivity index (χ0) is 13.5. The predicted octanol–water partition coefficient (Wildman–Crippen LogP) is 4.29. The van der Waals surface area contributed by atoms with Crippen LogP contribution in [-0.4, -0.2) is 19.1 Å². The summed E-state index contributed by atoms with van der Waals surface area (Å²) in [6, 6.07) is 5.98. The summed E-state index contributed by atoms with van der Waals surface area (Å²) in [6.45, 7) is 7.03. The summed E-state index contributed by atoms with van der Waals surface area (Å²) in [4.78, 5) is 0. The van der Waals surface area contributed by atoms with Crippen molar-refractivity contribution in [3.05, 3.63) is 23.8 Å². The van der Waals surface area contributed by atoms with E-state index in [0.717, 1.165) is 29.9 Å². The van der Waals surface area contributed by atoms with E-state index in [1.54, 1.807) is 7.11 Å². The van der Waals surface area contributed by atoms with E-state index in [2.05, 4.69) is 20.8 Å². The molecule has 0 aromatic heterocycles. The largest absolute Gasteiger partial charge is 0.493 e. The number of para-hydroxylation sites is 1. The van der Waals surface area contributed by atoms with E-state index in [4.69, 9.17) is 21.1 Å². The number of halogens is 1. The van der Waals surface area contributed by atoms with Gasteiger partial charge in [-0.25, -0.2) is 0 Å². The zero-order valence-corrected chi connectivity index (χ0v) is 12.5. The van der Waals surface area contributed by atoms with Crippen molar-refractivity contribution in [2.75, 3.05) is 13.7 Å². The maximum absolute atomic E-state index is 6.21. The van der Waals surface area contributed by atoms with Crippen molar-refractivity contribution in [2.45, 2.75) is 39.0 Å². The maximum atomic E-state index is 6.21. The molecular formula is C15H23ClO2. The second-order valence-electron chi connectivity index (χ2n) is 4.86. The molecule has 0 saturated carbocycles. The Morgan fingerprint density at radius 3 is 2.56 bits per heavy atom. The molecule has 18 heavy (non-hydrogen) atoms. The van der Waals surface area contributed by atoms with Crippen LogP contribution in [0.1, 0.15) is 32.8 Å². The number of rotatable bonds is 7. The van der Waals surface area contributed by atoms with Crippen LogP contribution in [0.2, 0.25) is 0 Å². The van der Waals surface area contributed by atoms with Gasteiger partial charge in [0.15, 0.2) is 11.5 Å². The Morgan fingerprint density at radius 2 is 2.00 bits per heavy atom. The Hall–Kier alpha value is -0.890.